The molecule has 0 amide bonds. The second kappa shape index (κ2) is 5.93. The summed E-state index contributed by atoms with van der Waals surface area (Å²) >= 11 is 1.26. The van der Waals surface area contributed by atoms with Gasteiger partial charge in [-0.2, -0.15) is 0 Å². The van der Waals surface area contributed by atoms with Crippen molar-refractivity contribution in [3.63, 3.8) is 0 Å². The number of rotatable bonds is 4. The molecule has 1 aliphatic rings. The molecule has 0 fully saturated rings. The Morgan fingerprint density at radius 2 is 2.11 bits per heavy atom. The lowest BCUT2D eigenvalue weighted by Crippen LogP contribution is -2.27. The topological polar surface area (TPSA) is 64.7 Å². The van der Waals surface area contributed by atoms with E-state index in [1.165, 1.54) is 11.8 Å². The molecule has 2 rings (SSSR count). The fraction of sp³-hybridized carbons (Fsp3) is 0.286. The zero-order valence-electron chi connectivity index (χ0n) is 10.9. The first-order valence-electron chi connectivity index (χ1n) is 6.07. The van der Waals surface area contributed by atoms with Crippen molar-refractivity contribution in [2.45, 2.75) is 19.9 Å². The molecule has 0 unspecified atom stereocenters. The number of carbonyl (C=O) groups is 1. The number of carbonyl (C=O) groups excluding carboxylic acids is 1. The van der Waals surface area contributed by atoms with Crippen LogP contribution in [0.3, 0.4) is 0 Å². The Hall–Kier alpha value is -1.75. The summed E-state index contributed by atoms with van der Waals surface area (Å²) in [5.41, 5.74) is 7.21. The van der Waals surface area contributed by atoms with E-state index in [0.29, 0.717) is 11.8 Å². The van der Waals surface area contributed by atoms with Gasteiger partial charge in [0, 0.05) is 0 Å². The summed E-state index contributed by atoms with van der Waals surface area (Å²) in [6, 6.07) is 8.95. The van der Waals surface area contributed by atoms with Crippen molar-refractivity contribution >= 4 is 22.8 Å². The molecule has 1 heterocycles. The van der Waals surface area contributed by atoms with E-state index < -0.39 is 6.04 Å². The molecule has 0 radical (unpaired) electrons. The molecule has 1 aliphatic heterocycles. The first-order valence-corrected chi connectivity index (χ1v) is 7.06. The zero-order chi connectivity index (χ0) is 13.8. The first-order chi connectivity index (χ1) is 9.13. The van der Waals surface area contributed by atoms with Gasteiger partial charge in [-0.25, -0.2) is 4.99 Å². The third-order valence-corrected chi connectivity index (χ3v) is 3.57. The molecule has 5 heteroatoms. The van der Waals surface area contributed by atoms with Crippen molar-refractivity contribution in [2.75, 3.05) is 5.75 Å². The number of hydrogen-bond donors (Lipinski definition) is 1. The highest BCUT2D eigenvalue weighted by Crippen LogP contribution is 2.27. The van der Waals surface area contributed by atoms with Crippen molar-refractivity contribution in [3.05, 3.63) is 47.4 Å². The lowest BCUT2D eigenvalue weighted by Gasteiger charge is -2.22. The van der Waals surface area contributed by atoms with Crippen molar-refractivity contribution in [2.24, 2.45) is 10.7 Å². The van der Waals surface area contributed by atoms with Crippen molar-refractivity contribution in [1.29, 1.82) is 0 Å². The number of hydrogen-bond acceptors (Lipinski definition) is 5. The van der Waals surface area contributed by atoms with E-state index >= 15 is 0 Å². The summed E-state index contributed by atoms with van der Waals surface area (Å²) in [4.78, 5) is 16.5. The molecular formula is C14H16N2O2S. The van der Waals surface area contributed by atoms with Crippen molar-refractivity contribution < 1.29 is 9.53 Å². The Morgan fingerprint density at radius 3 is 2.63 bits per heavy atom. The van der Waals surface area contributed by atoms with Gasteiger partial charge in [-0.1, -0.05) is 49.0 Å². The van der Waals surface area contributed by atoms with Crippen LogP contribution in [0.5, 0.6) is 0 Å². The molecule has 1 atom stereocenters. The molecule has 0 saturated heterocycles. The van der Waals surface area contributed by atoms with Gasteiger partial charge in [0.15, 0.2) is 0 Å². The first kappa shape index (κ1) is 13.7. The van der Waals surface area contributed by atoms with E-state index in [9.17, 15) is 4.79 Å². The number of nitrogens with two attached hydrogens (primary N) is 1. The van der Waals surface area contributed by atoms with Gasteiger partial charge in [0.05, 0.1) is 5.57 Å². The van der Waals surface area contributed by atoms with Crippen LogP contribution in [0, 0.1) is 0 Å². The van der Waals surface area contributed by atoms with Gasteiger partial charge in [-0.15, -0.1) is 0 Å². The summed E-state index contributed by atoms with van der Waals surface area (Å²) in [6.45, 7) is 3.78. The minimum Gasteiger partial charge on any atom is -0.423 e. The Balaban J connectivity index is 2.29. The normalized spacial score (nSPS) is 17.9. The monoisotopic (exact) mass is 276 g/mol. The number of ether oxygens (including phenoxy) is 1. The Morgan fingerprint density at radius 1 is 1.42 bits per heavy atom. The van der Waals surface area contributed by atoms with Gasteiger partial charge in [0.25, 0.3) is 0 Å². The van der Waals surface area contributed by atoms with E-state index in [0.717, 1.165) is 16.9 Å². The second-order valence-electron chi connectivity index (χ2n) is 4.09. The summed E-state index contributed by atoms with van der Waals surface area (Å²) in [6.07, 6.45) is 0. The van der Waals surface area contributed by atoms with Crippen LogP contribution in [0.15, 0.2) is 46.8 Å². The molecule has 0 bridgehead atoms. The van der Waals surface area contributed by atoms with Gasteiger partial charge >= 0.3 is 0 Å². The van der Waals surface area contributed by atoms with Gasteiger partial charge in [-0.05, 0) is 18.2 Å². The lowest BCUT2D eigenvalue weighted by atomic mass is 10.1. The number of aliphatic imine (C=N–C) groups is 1. The largest absolute Gasteiger partial charge is 0.423 e. The fourth-order valence-electron chi connectivity index (χ4n) is 1.68. The second-order valence-corrected chi connectivity index (χ2v) is 5.36. The van der Waals surface area contributed by atoms with Crippen LogP contribution in [0.25, 0.3) is 0 Å². The van der Waals surface area contributed by atoms with E-state index in [1.807, 2.05) is 44.2 Å². The molecule has 19 heavy (non-hydrogen) atoms. The quantitative estimate of drug-likeness (QED) is 0.918. The van der Waals surface area contributed by atoms with Crippen LogP contribution < -0.4 is 5.73 Å². The Labute approximate surface area is 116 Å². The van der Waals surface area contributed by atoms with Gasteiger partial charge in [-0.3, -0.25) is 4.79 Å². The third kappa shape index (κ3) is 2.98. The fourth-order valence-corrected chi connectivity index (χ4v) is 2.31. The number of benzene rings is 1. The maximum atomic E-state index is 12.2. The summed E-state index contributed by atoms with van der Waals surface area (Å²) in [5.74, 6) is 1.56. The molecule has 0 aliphatic carbocycles. The van der Waals surface area contributed by atoms with E-state index in [4.69, 9.17) is 10.5 Å². The highest BCUT2D eigenvalue weighted by Gasteiger charge is 2.26. The average Bonchev–Trinajstić information content (AvgIpc) is 2.44. The van der Waals surface area contributed by atoms with Gasteiger partial charge in [0.2, 0.25) is 16.9 Å². The number of nitrogens with zero attached hydrogens (tertiary/aromatic N) is 1. The minimum absolute atomic E-state index is 0.0167. The molecule has 0 saturated carbocycles. The lowest BCUT2D eigenvalue weighted by molar-refractivity contribution is -0.112. The van der Waals surface area contributed by atoms with E-state index in [2.05, 4.69) is 4.99 Å². The number of thioether (sulfide) groups is 1. The standard InChI is InChI=1S/C14H16N2O2S/c1-3-19-14(17)11(10-7-5-4-6-8-10)16-13-9(2)12(15)18-13/h4-8,11H,3,15H2,1-2H3/t11-/m0/s1. The highest BCUT2D eigenvalue weighted by molar-refractivity contribution is 8.13. The average molecular weight is 276 g/mol. The molecule has 100 valence electrons. The molecule has 1 aromatic carbocycles. The van der Waals surface area contributed by atoms with Crippen LogP contribution in [0.2, 0.25) is 0 Å². The van der Waals surface area contributed by atoms with Crippen molar-refractivity contribution in [1.82, 2.24) is 0 Å². The van der Waals surface area contributed by atoms with Gasteiger partial charge < -0.3 is 10.5 Å². The maximum absolute atomic E-state index is 12.2. The van der Waals surface area contributed by atoms with Crippen LogP contribution in [-0.4, -0.2) is 16.8 Å². The predicted molar refractivity (Wildman–Crippen MR) is 77.7 cm³/mol. The Bertz CT molecular complexity index is 538. The van der Waals surface area contributed by atoms with Crippen molar-refractivity contribution in [3.8, 4) is 0 Å². The summed E-state index contributed by atoms with van der Waals surface area (Å²) < 4.78 is 5.18. The van der Waals surface area contributed by atoms with Crippen LogP contribution in [-0.2, 0) is 9.53 Å². The summed E-state index contributed by atoms with van der Waals surface area (Å²) in [5, 5.41) is 0.0167. The predicted octanol–water partition coefficient (Wildman–Crippen LogP) is 2.63. The minimum atomic E-state index is -0.538. The maximum Gasteiger partial charge on any atom is 0.226 e. The molecule has 0 aromatic heterocycles. The molecule has 4 nitrogen and oxygen atoms in total. The smallest absolute Gasteiger partial charge is 0.226 e. The van der Waals surface area contributed by atoms with E-state index in [-0.39, 0.29) is 5.12 Å². The summed E-state index contributed by atoms with van der Waals surface area (Å²) in [7, 11) is 0. The SMILES string of the molecule is CCSC(=O)[C@@H](N=C1OC(N)=C1C)c1ccccc1. The van der Waals surface area contributed by atoms with Crippen LogP contribution in [0.4, 0.5) is 0 Å². The Kier molecular flexibility index (Phi) is 4.27. The van der Waals surface area contributed by atoms with E-state index in [1.54, 1.807) is 0 Å². The zero-order valence-corrected chi connectivity index (χ0v) is 11.7. The third-order valence-electron chi connectivity index (χ3n) is 2.77. The highest BCUT2D eigenvalue weighted by atomic mass is 32.2. The van der Waals surface area contributed by atoms with Crippen LogP contribution in [0.1, 0.15) is 25.5 Å². The molecule has 0 spiro atoms. The molecule has 1 aromatic rings. The van der Waals surface area contributed by atoms with Crippen LogP contribution >= 0.6 is 11.8 Å². The van der Waals surface area contributed by atoms with Gasteiger partial charge in [0.1, 0.15) is 6.04 Å². The molecule has 2 N–H and O–H groups in total. The molecular weight excluding hydrogens is 260 g/mol.